The van der Waals surface area contributed by atoms with Crippen molar-refractivity contribution < 1.29 is 23.8 Å². The molecule has 0 saturated heterocycles. The zero-order valence-corrected chi connectivity index (χ0v) is 18.2. The van der Waals surface area contributed by atoms with Crippen LogP contribution in [0.4, 0.5) is 5.69 Å². The second-order valence-electron chi connectivity index (χ2n) is 7.12. The van der Waals surface area contributed by atoms with E-state index in [1.54, 1.807) is 48.5 Å². The Morgan fingerprint density at radius 3 is 2.39 bits per heavy atom. The van der Waals surface area contributed by atoms with Gasteiger partial charge in [-0.3, -0.25) is 4.79 Å². The van der Waals surface area contributed by atoms with Crippen molar-refractivity contribution in [3.05, 3.63) is 84.4 Å². The minimum atomic E-state index is -0.498. The Bertz CT molecular complexity index is 1300. The van der Waals surface area contributed by atoms with Gasteiger partial charge in [-0.15, -0.1) is 0 Å². The Morgan fingerprint density at radius 1 is 0.879 bits per heavy atom. The van der Waals surface area contributed by atoms with Crippen molar-refractivity contribution in [3.8, 4) is 22.8 Å². The van der Waals surface area contributed by atoms with E-state index >= 15 is 0 Å². The molecule has 0 unspecified atom stereocenters. The number of ether oxygens (including phenoxy) is 3. The number of methoxy groups -OCH3 is 2. The fourth-order valence-electron chi connectivity index (χ4n) is 3.38. The predicted molar refractivity (Wildman–Crippen MR) is 126 cm³/mol. The summed E-state index contributed by atoms with van der Waals surface area (Å²) in [7, 11) is 2.82. The minimum absolute atomic E-state index is 0.248. The Kier molecular flexibility index (Phi) is 6.50. The van der Waals surface area contributed by atoms with Crippen molar-refractivity contribution in [2.75, 3.05) is 26.1 Å². The average molecular weight is 442 g/mol. The third-order valence-electron chi connectivity index (χ3n) is 5.02. The largest absolute Gasteiger partial charge is 0.496 e. The fourth-order valence-corrected chi connectivity index (χ4v) is 3.38. The molecule has 0 saturated carbocycles. The molecular weight excluding hydrogens is 420 g/mol. The van der Waals surface area contributed by atoms with Gasteiger partial charge in [0.2, 0.25) is 0 Å². The van der Waals surface area contributed by atoms with Gasteiger partial charge in [0, 0.05) is 22.7 Å². The number of fused-ring (bicyclic) bond motifs is 1. The van der Waals surface area contributed by atoms with Gasteiger partial charge < -0.3 is 19.5 Å². The molecule has 166 valence electrons. The summed E-state index contributed by atoms with van der Waals surface area (Å²) in [6.45, 7) is -0.248. The van der Waals surface area contributed by atoms with E-state index in [2.05, 4.69) is 5.32 Å². The SMILES string of the molecule is COC(=O)COc1cc(-c2ccccc2)nc2ccc(NC(=O)c3ccccc3OC)cc12. The van der Waals surface area contributed by atoms with Crippen LogP contribution in [0, 0.1) is 0 Å². The van der Waals surface area contributed by atoms with Crippen LogP contribution in [-0.2, 0) is 9.53 Å². The highest BCUT2D eigenvalue weighted by Gasteiger charge is 2.15. The third-order valence-corrected chi connectivity index (χ3v) is 5.02. The number of benzene rings is 3. The maximum atomic E-state index is 12.8. The molecule has 33 heavy (non-hydrogen) atoms. The van der Waals surface area contributed by atoms with Crippen LogP contribution in [0.3, 0.4) is 0 Å². The van der Waals surface area contributed by atoms with Crippen molar-refractivity contribution in [3.63, 3.8) is 0 Å². The normalized spacial score (nSPS) is 10.5. The molecule has 3 aromatic carbocycles. The van der Waals surface area contributed by atoms with Crippen LogP contribution in [0.1, 0.15) is 10.4 Å². The summed E-state index contributed by atoms with van der Waals surface area (Å²) in [5.74, 6) is 0.129. The third kappa shape index (κ3) is 4.93. The van der Waals surface area contributed by atoms with Gasteiger partial charge in [-0.2, -0.15) is 0 Å². The van der Waals surface area contributed by atoms with Gasteiger partial charge in [0.15, 0.2) is 6.61 Å². The maximum absolute atomic E-state index is 12.8. The smallest absolute Gasteiger partial charge is 0.343 e. The number of carbonyl (C=O) groups is 2. The molecule has 0 aliphatic rings. The van der Waals surface area contributed by atoms with Crippen LogP contribution in [0.15, 0.2) is 78.9 Å². The monoisotopic (exact) mass is 442 g/mol. The minimum Gasteiger partial charge on any atom is -0.496 e. The number of esters is 1. The van der Waals surface area contributed by atoms with Gasteiger partial charge in [-0.1, -0.05) is 42.5 Å². The Morgan fingerprint density at radius 2 is 1.64 bits per heavy atom. The zero-order chi connectivity index (χ0) is 23.2. The lowest BCUT2D eigenvalue weighted by molar-refractivity contribution is -0.142. The fraction of sp³-hybridized carbons (Fsp3) is 0.115. The van der Waals surface area contributed by atoms with E-state index in [1.807, 2.05) is 30.3 Å². The highest BCUT2D eigenvalue weighted by Crippen LogP contribution is 2.32. The van der Waals surface area contributed by atoms with E-state index in [-0.39, 0.29) is 12.5 Å². The number of aromatic nitrogens is 1. The number of anilines is 1. The molecule has 1 N–H and O–H groups in total. The van der Waals surface area contributed by atoms with Gasteiger partial charge in [0.05, 0.1) is 31.0 Å². The maximum Gasteiger partial charge on any atom is 0.343 e. The molecule has 0 fully saturated rings. The summed E-state index contributed by atoms with van der Waals surface area (Å²) in [5.41, 5.74) is 3.24. The van der Waals surface area contributed by atoms with Gasteiger partial charge in [-0.05, 0) is 30.3 Å². The number of rotatable bonds is 7. The summed E-state index contributed by atoms with van der Waals surface area (Å²) in [4.78, 5) is 29.2. The number of nitrogens with zero attached hydrogens (tertiary/aromatic N) is 1. The van der Waals surface area contributed by atoms with Crippen molar-refractivity contribution in [1.29, 1.82) is 0 Å². The van der Waals surface area contributed by atoms with E-state index in [9.17, 15) is 9.59 Å². The van der Waals surface area contributed by atoms with E-state index in [0.717, 1.165) is 5.56 Å². The molecule has 7 nitrogen and oxygen atoms in total. The zero-order valence-electron chi connectivity index (χ0n) is 18.2. The van der Waals surface area contributed by atoms with Gasteiger partial charge in [-0.25, -0.2) is 9.78 Å². The second kappa shape index (κ2) is 9.82. The topological polar surface area (TPSA) is 86.8 Å². The standard InChI is InChI=1S/C26H22N2O5/c1-31-23-11-7-6-10-19(23)26(30)27-18-12-13-21-20(14-18)24(33-16-25(29)32-2)15-22(28-21)17-8-4-3-5-9-17/h3-15H,16H2,1-2H3,(H,27,30). The van der Waals surface area contributed by atoms with Gasteiger partial charge >= 0.3 is 5.97 Å². The number of para-hydroxylation sites is 1. The van der Waals surface area contributed by atoms with Gasteiger partial charge in [0.25, 0.3) is 5.91 Å². The lowest BCUT2D eigenvalue weighted by Crippen LogP contribution is -2.14. The number of hydrogen-bond donors (Lipinski definition) is 1. The summed E-state index contributed by atoms with van der Waals surface area (Å²) < 4.78 is 15.7. The summed E-state index contributed by atoms with van der Waals surface area (Å²) >= 11 is 0. The molecule has 0 atom stereocenters. The molecule has 1 heterocycles. The van der Waals surface area contributed by atoms with Crippen molar-refractivity contribution >= 4 is 28.5 Å². The van der Waals surface area contributed by atoms with Crippen molar-refractivity contribution in [2.24, 2.45) is 0 Å². The number of hydrogen-bond acceptors (Lipinski definition) is 6. The molecule has 0 bridgehead atoms. The summed E-state index contributed by atoms with van der Waals surface area (Å²) in [6.07, 6.45) is 0. The van der Waals surface area contributed by atoms with Gasteiger partial charge in [0.1, 0.15) is 11.5 Å². The predicted octanol–water partition coefficient (Wildman–Crippen LogP) is 4.71. The molecular formula is C26H22N2O5. The van der Waals surface area contributed by atoms with Crippen LogP contribution < -0.4 is 14.8 Å². The van der Waals surface area contributed by atoms with E-state index in [1.165, 1.54) is 14.2 Å². The quantitative estimate of drug-likeness (QED) is 0.417. The number of pyridine rings is 1. The lowest BCUT2D eigenvalue weighted by Gasteiger charge is -2.13. The molecule has 0 radical (unpaired) electrons. The van der Waals surface area contributed by atoms with Crippen molar-refractivity contribution in [1.82, 2.24) is 4.98 Å². The van der Waals surface area contributed by atoms with Crippen LogP contribution >= 0.6 is 0 Å². The highest BCUT2D eigenvalue weighted by molar-refractivity contribution is 6.07. The Labute approximate surface area is 190 Å². The first-order valence-electron chi connectivity index (χ1n) is 10.2. The molecule has 4 rings (SSSR count). The first-order chi connectivity index (χ1) is 16.1. The first kappa shape index (κ1) is 21.8. The van der Waals surface area contributed by atoms with E-state index < -0.39 is 5.97 Å². The number of carbonyl (C=O) groups excluding carboxylic acids is 2. The van der Waals surface area contributed by atoms with Crippen LogP contribution in [-0.4, -0.2) is 37.7 Å². The lowest BCUT2D eigenvalue weighted by atomic mass is 10.1. The molecule has 0 aliphatic carbocycles. The second-order valence-corrected chi connectivity index (χ2v) is 7.12. The highest BCUT2D eigenvalue weighted by atomic mass is 16.6. The number of nitrogens with one attached hydrogen (secondary N) is 1. The number of amides is 1. The Balaban J connectivity index is 1.72. The van der Waals surface area contributed by atoms with Crippen LogP contribution in [0.5, 0.6) is 11.5 Å². The van der Waals surface area contributed by atoms with Crippen LogP contribution in [0.2, 0.25) is 0 Å². The first-order valence-corrected chi connectivity index (χ1v) is 10.2. The van der Waals surface area contributed by atoms with E-state index in [0.29, 0.717) is 39.3 Å². The molecule has 0 aliphatic heterocycles. The molecule has 7 heteroatoms. The molecule has 1 aromatic heterocycles. The Hall–Kier alpha value is -4.39. The summed E-state index contributed by atoms with van der Waals surface area (Å²) in [6, 6.07) is 23.7. The van der Waals surface area contributed by atoms with Crippen LogP contribution in [0.25, 0.3) is 22.2 Å². The molecule has 1 amide bonds. The molecule has 4 aromatic rings. The van der Waals surface area contributed by atoms with E-state index in [4.69, 9.17) is 19.2 Å². The molecule has 0 spiro atoms. The average Bonchev–Trinajstić information content (AvgIpc) is 2.87. The van der Waals surface area contributed by atoms with Crippen molar-refractivity contribution in [2.45, 2.75) is 0 Å². The summed E-state index contributed by atoms with van der Waals surface area (Å²) in [5, 5.41) is 3.53.